The summed E-state index contributed by atoms with van der Waals surface area (Å²) >= 11 is 0. The molecular weight excluding hydrogens is 414 g/mol. The fourth-order valence-corrected chi connectivity index (χ4v) is 3.37. The summed E-state index contributed by atoms with van der Waals surface area (Å²) in [6, 6.07) is -1.27. The van der Waals surface area contributed by atoms with E-state index in [0.717, 1.165) is 21.1 Å². The zero-order chi connectivity index (χ0) is 22.7. The Morgan fingerprint density at radius 1 is 0.800 bits per heavy atom. The lowest BCUT2D eigenvalue weighted by atomic mass is 9.95. The molecule has 2 aliphatic heterocycles. The van der Waals surface area contributed by atoms with E-state index in [1.807, 2.05) is 0 Å². The van der Waals surface area contributed by atoms with Crippen LogP contribution in [-0.4, -0.2) is 119 Å². The summed E-state index contributed by atoms with van der Waals surface area (Å²) in [5.41, 5.74) is 0. The molecular formula is C16H25NO13. The van der Waals surface area contributed by atoms with Crippen molar-refractivity contribution in [3.63, 3.8) is 0 Å². The van der Waals surface area contributed by atoms with Gasteiger partial charge in [-0.1, -0.05) is 0 Å². The van der Waals surface area contributed by atoms with E-state index in [4.69, 9.17) is 23.7 Å². The van der Waals surface area contributed by atoms with Gasteiger partial charge in [0.2, 0.25) is 5.91 Å². The van der Waals surface area contributed by atoms with Crippen LogP contribution in [-0.2, 0) is 38.1 Å². The molecule has 0 aromatic heterocycles. The Morgan fingerprint density at radius 3 is 1.83 bits per heavy atom. The van der Waals surface area contributed by atoms with Crippen LogP contribution in [0.3, 0.4) is 0 Å². The number of carbonyl (C=O) groups excluding carboxylic acids is 1. The van der Waals surface area contributed by atoms with E-state index in [2.05, 4.69) is 5.32 Å². The van der Waals surface area contributed by atoms with Gasteiger partial charge in [-0.05, 0) is 0 Å². The largest absolute Gasteiger partial charge is 0.479 e. The topological polar surface area (TPSA) is 211 Å². The van der Waals surface area contributed by atoms with Gasteiger partial charge in [0, 0.05) is 21.1 Å². The molecule has 14 nitrogen and oxygen atoms in total. The Hall–Kier alpha value is -1.91. The van der Waals surface area contributed by atoms with Crippen molar-refractivity contribution in [3.05, 3.63) is 0 Å². The molecule has 30 heavy (non-hydrogen) atoms. The highest BCUT2D eigenvalue weighted by Crippen LogP contribution is 2.30. The Kier molecular flexibility index (Phi) is 8.06. The maximum atomic E-state index is 11.6. The lowest BCUT2D eigenvalue weighted by Gasteiger charge is -2.46. The van der Waals surface area contributed by atoms with Crippen LogP contribution in [0.5, 0.6) is 0 Å². The fraction of sp³-hybridized carbons (Fsp3) is 0.812. The highest BCUT2D eigenvalue weighted by atomic mass is 16.7. The van der Waals surface area contributed by atoms with Crippen molar-refractivity contribution in [1.82, 2.24) is 5.32 Å². The second-order valence-electron chi connectivity index (χ2n) is 6.76. The van der Waals surface area contributed by atoms with Crippen LogP contribution in [0.2, 0.25) is 0 Å². The first-order chi connectivity index (χ1) is 14.0. The molecule has 6 N–H and O–H groups in total. The first-order valence-corrected chi connectivity index (χ1v) is 8.82. The number of ether oxygens (including phenoxy) is 5. The van der Waals surface area contributed by atoms with Gasteiger partial charge in [0.1, 0.15) is 36.6 Å². The average Bonchev–Trinajstić information content (AvgIpc) is 2.67. The van der Waals surface area contributed by atoms with Crippen molar-refractivity contribution in [1.29, 1.82) is 0 Å². The van der Waals surface area contributed by atoms with Gasteiger partial charge in [-0.25, -0.2) is 9.59 Å². The summed E-state index contributed by atoms with van der Waals surface area (Å²) in [4.78, 5) is 34.5. The van der Waals surface area contributed by atoms with E-state index in [1.165, 1.54) is 0 Å². The zero-order valence-corrected chi connectivity index (χ0v) is 16.3. The Morgan fingerprint density at radius 2 is 1.37 bits per heavy atom. The quantitative estimate of drug-likeness (QED) is 0.225. The Bertz CT molecular complexity index is 645. The monoisotopic (exact) mass is 439 g/mol. The van der Waals surface area contributed by atoms with Crippen LogP contribution in [0.4, 0.5) is 0 Å². The molecule has 14 heteroatoms. The van der Waals surface area contributed by atoms with Crippen molar-refractivity contribution in [2.45, 2.75) is 68.3 Å². The molecule has 0 bridgehead atoms. The summed E-state index contributed by atoms with van der Waals surface area (Å²) in [7, 11) is 2.27. The van der Waals surface area contributed by atoms with Gasteiger partial charge in [-0.2, -0.15) is 0 Å². The molecule has 10 atom stereocenters. The molecule has 0 spiro atoms. The van der Waals surface area contributed by atoms with E-state index in [9.17, 15) is 39.9 Å². The first kappa shape index (κ1) is 24.4. The molecule has 0 saturated carbocycles. The van der Waals surface area contributed by atoms with E-state index < -0.39 is 79.2 Å². The minimum Gasteiger partial charge on any atom is -0.479 e. The third-order valence-corrected chi connectivity index (χ3v) is 4.77. The van der Waals surface area contributed by atoms with E-state index >= 15 is 0 Å². The number of aliphatic carboxylic acids is 2. The number of aliphatic hydroxyl groups excluding tert-OH is 3. The zero-order valence-electron chi connectivity index (χ0n) is 16.3. The average molecular weight is 439 g/mol. The van der Waals surface area contributed by atoms with Crippen molar-refractivity contribution in [2.24, 2.45) is 0 Å². The number of amides is 1. The van der Waals surface area contributed by atoms with Crippen LogP contribution < -0.4 is 5.32 Å². The Labute approximate surface area is 170 Å². The molecule has 4 unspecified atom stereocenters. The molecule has 0 aromatic carbocycles. The van der Waals surface area contributed by atoms with E-state index in [-0.39, 0.29) is 0 Å². The minimum absolute atomic E-state index is 0.603. The SMILES string of the molecule is CO[C@@H]1OC(C(=O)O)[C@@H](O)[C@H](O[C@@H]2OC(C(=O)O)[C@@H](OC)[C@H](O)C2O)C1NC(C)=O. The third-order valence-electron chi connectivity index (χ3n) is 4.77. The molecule has 0 aromatic rings. The highest BCUT2D eigenvalue weighted by Gasteiger charge is 2.54. The van der Waals surface area contributed by atoms with Gasteiger partial charge in [0.25, 0.3) is 0 Å². The predicted octanol–water partition coefficient (Wildman–Crippen LogP) is -3.76. The van der Waals surface area contributed by atoms with Crippen LogP contribution in [0.1, 0.15) is 6.92 Å². The van der Waals surface area contributed by atoms with Gasteiger partial charge in [-0.3, -0.25) is 4.79 Å². The van der Waals surface area contributed by atoms with Gasteiger partial charge >= 0.3 is 11.9 Å². The summed E-state index contributed by atoms with van der Waals surface area (Å²) in [5.74, 6) is -3.69. The molecule has 2 aliphatic rings. The second-order valence-corrected chi connectivity index (χ2v) is 6.76. The van der Waals surface area contributed by atoms with Crippen LogP contribution in [0, 0.1) is 0 Å². The number of hydrogen-bond acceptors (Lipinski definition) is 11. The smallest absolute Gasteiger partial charge is 0.335 e. The normalized spacial score (nSPS) is 41.8. The molecule has 2 rings (SSSR count). The maximum absolute atomic E-state index is 11.6. The van der Waals surface area contributed by atoms with Crippen LogP contribution in [0.15, 0.2) is 0 Å². The van der Waals surface area contributed by atoms with Crippen LogP contribution in [0.25, 0.3) is 0 Å². The third kappa shape index (κ3) is 4.87. The lowest BCUT2D eigenvalue weighted by molar-refractivity contribution is -0.337. The summed E-state index contributed by atoms with van der Waals surface area (Å²) in [5, 5.41) is 52.0. The molecule has 2 heterocycles. The van der Waals surface area contributed by atoms with Crippen LogP contribution >= 0.6 is 0 Å². The molecule has 1 amide bonds. The van der Waals surface area contributed by atoms with Crippen molar-refractivity contribution in [2.75, 3.05) is 14.2 Å². The number of methoxy groups -OCH3 is 2. The van der Waals surface area contributed by atoms with Gasteiger partial charge < -0.3 is 54.5 Å². The first-order valence-electron chi connectivity index (χ1n) is 8.82. The van der Waals surface area contributed by atoms with Gasteiger partial charge in [0.05, 0.1) is 0 Å². The highest BCUT2D eigenvalue weighted by molar-refractivity contribution is 5.75. The summed E-state index contributed by atoms with van der Waals surface area (Å²) < 4.78 is 25.7. The molecule has 0 radical (unpaired) electrons. The molecule has 172 valence electrons. The lowest BCUT2D eigenvalue weighted by Crippen LogP contribution is -2.68. The van der Waals surface area contributed by atoms with Gasteiger partial charge in [-0.15, -0.1) is 0 Å². The molecule has 2 saturated heterocycles. The number of nitrogens with one attached hydrogen (secondary N) is 1. The second kappa shape index (κ2) is 9.93. The number of hydrogen-bond donors (Lipinski definition) is 6. The van der Waals surface area contributed by atoms with Crippen molar-refractivity contribution < 1.29 is 63.6 Å². The molecule has 2 fully saturated rings. The number of carbonyl (C=O) groups is 3. The summed E-state index contributed by atoms with van der Waals surface area (Å²) in [6.07, 6.45) is -15.3. The van der Waals surface area contributed by atoms with Crippen molar-refractivity contribution >= 4 is 17.8 Å². The molecule has 0 aliphatic carbocycles. The van der Waals surface area contributed by atoms with E-state index in [0.29, 0.717) is 0 Å². The summed E-state index contributed by atoms with van der Waals surface area (Å²) in [6.45, 7) is 1.14. The van der Waals surface area contributed by atoms with Crippen molar-refractivity contribution in [3.8, 4) is 0 Å². The predicted molar refractivity (Wildman–Crippen MR) is 90.9 cm³/mol. The minimum atomic E-state index is -1.89. The maximum Gasteiger partial charge on any atom is 0.335 e. The standard InChI is InChI=1S/C16H25NO13/c1-4(18)17-5-9(8(21)11(13(22)23)29-15(5)27-3)28-16-7(20)6(19)10(26-2)12(30-16)14(24)25/h5-12,15-16,19-21H,1-3H3,(H,17,18)(H,22,23)(H,24,25)/t5?,6-,7?,8+,9-,10+,11?,12?,15-,16-/m1/s1. The number of rotatable bonds is 7. The number of carboxylic acids is 2. The van der Waals surface area contributed by atoms with E-state index in [1.54, 1.807) is 0 Å². The fourth-order valence-electron chi connectivity index (χ4n) is 3.37. The number of carboxylic acid groups (broad SMARTS) is 2. The number of aliphatic hydroxyl groups is 3. The Balaban J connectivity index is 2.34. The van der Waals surface area contributed by atoms with Gasteiger partial charge in [0.15, 0.2) is 24.8 Å².